The number of hydrogen-bond donors (Lipinski definition) is 1. The Morgan fingerprint density at radius 1 is 1.06 bits per heavy atom. The van der Waals surface area contributed by atoms with Crippen LogP contribution in [0.1, 0.15) is 23.9 Å². The summed E-state index contributed by atoms with van der Waals surface area (Å²) in [6, 6.07) is 13.2. The number of carbonyl (C=O) groups is 1. The summed E-state index contributed by atoms with van der Waals surface area (Å²) in [6.07, 6.45) is 0. The lowest BCUT2D eigenvalue weighted by Crippen LogP contribution is -2.41. The van der Waals surface area contributed by atoms with Gasteiger partial charge in [0, 0.05) is 11.4 Å². The predicted octanol–water partition coefficient (Wildman–Crippen LogP) is 2.95. The van der Waals surface area contributed by atoms with Crippen molar-refractivity contribution in [1.29, 1.82) is 0 Å². The van der Waals surface area contributed by atoms with Crippen LogP contribution >= 0.6 is 0 Å². The Bertz CT molecular complexity index is 552. The normalized spacial score (nSPS) is 14.2. The van der Waals surface area contributed by atoms with E-state index in [1.54, 1.807) is 6.92 Å². The van der Waals surface area contributed by atoms with E-state index in [2.05, 4.69) is 0 Å². The topological polar surface area (TPSA) is 42.2 Å². The molecule has 18 heavy (non-hydrogen) atoms. The molecule has 0 aliphatic heterocycles. The third-order valence-electron chi connectivity index (χ3n) is 3.47. The minimum Gasteiger partial charge on any atom is -0.479 e. The Hall–Kier alpha value is -2.03. The van der Waals surface area contributed by atoms with Gasteiger partial charge in [0.05, 0.1) is 0 Å². The Morgan fingerprint density at radius 3 is 2.00 bits per heavy atom. The minimum atomic E-state index is -1.07. The predicted molar refractivity (Wildman–Crippen MR) is 70.7 cm³/mol. The molecule has 0 saturated heterocycles. The average Bonchev–Trinajstić information content (AvgIpc) is 2.69. The fourth-order valence-corrected chi connectivity index (χ4v) is 2.48. The number of aryl methyl sites for hydroxylation is 2. The van der Waals surface area contributed by atoms with Crippen molar-refractivity contribution in [3.05, 3.63) is 59.4 Å². The van der Waals surface area contributed by atoms with Gasteiger partial charge in [0.2, 0.25) is 0 Å². The van der Waals surface area contributed by atoms with Crippen LogP contribution in [0.2, 0.25) is 0 Å². The lowest BCUT2D eigenvalue weighted by atomic mass is 9.91. The number of hydrogen-bond acceptors (Lipinski definition) is 1. The van der Waals surface area contributed by atoms with E-state index in [1.807, 2.05) is 60.9 Å². The molecule has 1 N–H and O–H groups in total. The van der Waals surface area contributed by atoms with Crippen molar-refractivity contribution in [3.8, 4) is 0 Å². The summed E-state index contributed by atoms with van der Waals surface area (Å²) in [5, 5.41) is 9.69. The second-order valence-corrected chi connectivity index (χ2v) is 4.69. The SMILES string of the molecule is Cc1ccc(C)n1C(C)(C(=O)O)c1ccccc1. The van der Waals surface area contributed by atoms with Gasteiger partial charge in [-0.3, -0.25) is 0 Å². The van der Waals surface area contributed by atoms with Gasteiger partial charge in [0.25, 0.3) is 0 Å². The van der Waals surface area contributed by atoms with Crippen molar-refractivity contribution >= 4 is 5.97 Å². The van der Waals surface area contributed by atoms with Crippen molar-refractivity contribution in [2.45, 2.75) is 26.3 Å². The number of nitrogens with zero attached hydrogens (tertiary/aromatic N) is 1. The summed E-state index contributed by atoms with van der Waals surface area (Å²) in [7, 11) is 0. The summed E-state index contributed by atoms with van der Waals surface area (Å²) in [6.45, 7) is 5.60. The highest BCUT2D eigenvalue weighted by Gasteiger charge is 2.38. The molecule has 0 fully saturated rings. The molecule has 0 radical (unpaired) electrons. The molecule has 2 aromatic rings. The molecule has 0 amide bonds. The van der Waals surface area contributed by atoms with Crippen LogP contribution in [0.15, 0.2) is 42.5 Å². The molecular formula is C15H17NO2. The van der Waals surface area contributed by atoms with Crippen molar-refractivity contribution < 1.29 is 9.90 Å². The number of aromatic nitrogens is 1. The fraction of sp³-hybridized carbons (Fsp3) is 0.267. The van der Waals surface area contributed by atoms with Crippen molar-refractivity contribution in [3.63, 3.8) is 0 Å². The van der Waals surface area contributed by atoms with Crippen molar-refractivity contribution in [2.24, 2.45) is 0 Å². The first kappa shape index (κ1) is 12.4. The molecule has 1 unspecified atom stereocenters. The van der Waals surface area contributed by atoms with Gasteiger partial charge in [0.15, 0.2) is 5.54 Å². The van der Waals surface area contributed by atoms with E-state index in [0.29, 0.717) is 0 Å². The molecule has 1 aromatic carbocycles. The summed E-state index contributed by atoms with van der Waals surface area (Å²) >= 11 is 0. The van der Waals surface area contributed by atoms with E-state index in [1.165, 1.54) is 0 Å². The second-order valence-electron chi connectivity index (χ2n) is 4.69. The summed E-state index contributed by atoms with van der Waals surface area (Å²) in [4.78, 5) is 11.8. The maximum Gasteiger partial charge on any atom is 0.334 e. The zero-order valence-corrected chi connectivity index (χ0v) is 10.8. The molecule has 0 bridgehead atoms. The lowest BCUT2D eigenvalue weighted by Gasteiger charge is -2.30. The quantitative estimate of drug-likeness (QED) is 0.900. The molecule has 2 rings (SSSR count). The smallest absolute Gasteiger partial charge is 0.334 e. The summed E-state index contributed by atoms with van der Waals surface area (Å²) in [5.41, 5.74) is 1.60. The molecule has 0 spiro atoms. The number of carboxylic acids is 1. The molecule has 1 heterocycles. The number of rotatable bonds is 3. The highest BCUT2D eigenvalue weighted by atomic mass is 16.4. The second kappa shape index (κ2) is 4.33. The molecule has 0 saturated carbocycles. The van der Waals surface area contributed by atoms with Crippen LogP contribution in [-0.4, -0.2) is 15.6 Å². The van der Waals surface area contributed by atoms with Crippen LogP contribution in [0, 0.1) is 13.8 Å². The molecule has 0 aliphatic carbocycles. The Balaban J connectivity index is 2.70. The van der Waals surface area contributed by atoms with Crippen molar-refractivity contribution in [2.75, 3.05) is 0 Å². The minimum absolute atomic E-state index is 0.778. The average molecular weight is 243 g/mol. The molecular weight excluding hydrogens is 226 g/mol. The van der Waals surface area contributed by atoms with E-state index in [9.17, 15) is 9.90 Å². The van der Waals surface area contributed by atoms with E-state index in [0.717, 1.165) is 17.0 Å². The number of benzene rings is 1. The lowest BCUT2D eigenvalue weighted by molar-refractivity contribution is -0.144. The molecule has 0 aliphatic rings. The molecule has 3 heteroatoms. The molecule has 1 atom stereocenters. The van der Waals surface area contributed by atoms with Gasteiger partial charge in [-0.25, -0.2) is 4.79 Å². The maximum absolute atomic E-state index is 11.8. The van der Waals surface area contributed by atoms with Gasteiger partial charge >= 0.3 is 5.97 Å². The van der Waals surface area contributed by atoms with Crippen LogP contribution in [0.4, 0.5) is 0 Å². The van der Waals surface area contributed by atoms with Gasteiger partial charge in [-0.15, -0.1) is 0 Å². The first-order valence-electron chi connectivity index (χ1n) is 5.92. The monoisotopic (exact) mass is 243 g/mol. The first-order chi connectivity index (χ1) is 8.48. The fourth-order valence-electron chi connectivity index (χ4n) is 2.48. The molecule has 1 aromatic heterocycles. The van der Waals surface area contributed by atoms with Crippen LogP contribution < -0.4 is 0 Å². The zero-order valence-electron chi connectivity index (χ0n) is 10.8. The van der Waals surface area contributed by atoms with E-state index < -0.39 is 11.5 Å². The summed E-state index contributed by atoms with van der Waals surface area (Å²) < 4.78 is 1.87. The molecule has 94 valence electrons. The van der Waals surface area contributed by atoms with Gasteiger partial charge in [-0.1, -0.05) is 30.3 Å². The first-order valence-corrected chi connectivity index (χ1v) is 5.92. The van der Waals surface area contributed by atoms with E-state index in [-0.39, 0.29) is 0 Å². The Morgan fingerprint density at radius 2 is 1.56 bits per heavy atom. The number of aliphatic carboxylic acids is 1. The van der Waals surface area contributed by atoms with Gasteiger partial charge in [-0.05, 0) is 38.5 Å². The third kappa shape index (κ3) is 1.72. The molecule has 3 nitrogen and oxygen atoms in total. The van der Waals surface area contributed by atoms with Crippen molar-refractivity contribution in [1.82, 2.24) is 4.57 Å². The Kier molecular flexibility index (Phi) is 2.99. The highest BCUT2D eigenvalue weighted by molar-refractivity contribution is 5.81. The third-order valence-corrected chi connectivity index (χ3v) is 3.47. The largest absolute Gasteiger partial charge is 0.479 e. The maximum atomic E-state index is 11.8. The van der Waals surface area contributed by atoms with Gasteiger partial charge < -0.3 is 9.67 Å². The number of carboxylic acid groups (broad SMARTS) is 1. The van der Waals surface area contributed by atoms with Crippen LogP contribution in [0.25, 0.3) is 0 Å². The van der Waals surface area contributed by atoms with Crippen LogP contribution in [0.3, 0.4) is 0 Å². The van der Waals surface area contributed by atoms with Crippen LogP contribution in [0.5, 0.6) is 0 Å². The zero-order chi connectivity index (χ0) is 13.3. The van der Waals surface area contributed by atoms with E-state index >= 15 is 0 Å². The van der Waals surface area contributed by atoms with Crippen LogP contribution in [-0.2, 0) is 10.3 Å². The highest BCUT2D eigenvalue weighted by Crippen LogP contribution is 2.30. The Labute approximate surface area is 107 Å². The van der Waals surface area contributed by atoms with Gasteiger partial charge in [0.1, 0.15) is 0 Å². The standard InChI is InChI=1S/C15H17NO2/c1-11-9-10-12(2)16(11)15(3,14(17)18)13-7-5-4-6-8-13/h4-10H,1-3H3,(H,17,18). The van der Waals surface area contributed by atoms with Gasteiger partial charge in [-0.2, -0.15) is 0 Å². The summed E-state index contributed by atoms with van der Waals surface area (Å²) in [5.74, 6) is -0.851. The van der Waals surface area contributed by atoms with E-state index in [4.69, 9.17) is 0 Å².